The summed E-state index contributed by atoms with van der Waals surface area (Å²) in [5.74, 6) is 0.353. The molecule has 3 amide bonds. The van der Waals surface area contributed by atoms with Gasteiger partial charge in [0.1, 0.15) is 5.75 Å². The smallest absolute Gasteiger partial charge is 0.324 e. The lowest BCUT2D eigenvalue weighted by molar-refractivity contribution is -0.125. The Hall–Kier alpha value is -2.24. The van der Waals surface area contributed by atoms with Crippen LogP contribution in [-0.4, -0.2) is 30.5 Å². The summed E-state index contributed by atoms with van der Waals surface area (Å²) in [7, 11) is 1.53. The molecule has 1 aromatic carbocycles. The maximum absolute atomic E-state index is 11.4. The number of nitrogens with one attached hydrogen (secondary N) is 1. The van der Waals surface area contributed by atoms with Crippen LogP contribution >= 0.6 is 0 Å². The number of anilines is 1. The summed E-state index contributed by atoms with van der Waals surface area (Å²) in [5.41, 5.74) is 6.94. The lowest BCUT2D eigenvalue weighted by Gasteiger charge is -2.15. The highest BCUT2D eigenvalue weighted by atomic mass is 16.5. The van der Waals surface area contributed by atoms with Gasteiger partial charge in [-0.15, -0.1) is 0 Å². The molecule has 0 bridgehead atoms. The first kappa shape index (κ1) is 11.3. The molecular weight excluding hydrogens is 222 g/mol. The highest BCUT2D eigenvalue weighted by Crippen LogP contribution is 2.23. The number of hydrogen-bond donors (Lipinski definition) is 2. The van der Waals surface area contributed by atoms with Gasteiger partial charge < -0.3 is 15.8 Å². The molecule has 0 aromatic heterocycles. The normalized spacial score (nSPS) is 15.0. The van der Waals surface area contributed by atoms with Gasteiger partial charge in [0, 0.05) is 11.3 Å². The number of benzene rings is 1. The number of carbonyl (C=O) groups excluding carboxylic acids is 2. The molecule has 1 aromatic rings. The van der Waals surface area contributed by atoms with Gasteiger partial charge in [0.25, 0.3) is 0 Å². The maximum Gasteiger partial charge on any atom is 0.324 e. The first-order valence-corrected chi connectivity index (χ1v) is 5.12. The molecule has 90 valence electrons. The number of carbonyl (C=O) groups is 2. The summed E-state index contributed by atoms with van der Waals surface area (Å²) in [6, 6.07) is 4.72. The third kappa shape index (κ3) is 2.15. The van der Waals surface area contributed by atoms with Gasteiger partial charge in [0.05, 0.1) is 20.2 Å². The molecule has 0 aliphatic carbocycles. The van der Waals surface area contributed by atoms with E-state index in [1.807, 2.05) is 0 Å². The zero-order chi connectivity index (χ0) is 12.4. The van der Waals surface area contributed by atoms with Crippen LogP contribution in [0, 0.1) is 0 Å². The average molecular weight is 235 g/mol. The van der Waals surface area contributed by atoms with Gasteiger partial charge in [-0.3, -0.25) is 9.69 Å². The summed E-state index contributed by atoms with van der Waals surface area (Å²) in [6.45, 7) is 0.211. The van der Waals surface area contributed by atoms with Crippen molar-refractivity contribution in [3.63, 3.8) is 0 Å². The number of imide groups is 1. The van der Waals surface area contributed by atoms with Crippen molar-refractivity contribution in [1.82, 2.24) is 10.2 Å². The van der Waals surface area contributed by atoms with Crippen LogP contribution < -0.4 is 15.8 Å². The molecule has 0 saturated carbocycles. The van der Waals surface area contributed by atoms with Crippen molar-refractivity contribution in [2.45, 2.75) is 6.54 Å². The van der Waals surface area contributed by atoms with Crippen molar-refractivity contribution in [2.24, 2.45) is 0 Å². The number of ether oxygens (including phenoxy) is 1. The van der Waals surface area contributed by atoms with Crippen LogP contribution in [-0.2, 0) is 11.3 Å². The van der Waals surface area contributed by atoms with E-state index < -0.39 is 0 Å². The predicted octanol–water partition coefficient (Wildman–Crippen LogP) is 0.329. The fourth-order valence-electron chi connectivity index (χ4n) is 1.71. The number of urea groups is 1. The minimum atomic E-state index is -0.389. The third-order valence-corrected chi connectivity index (χ3v) is 2.57. The first-order chi connectivity index (χ1) is 8.11. The van der Waals surface area contributed by atoms with Gasteiger partial charge in [-0.25, -0.2) is 4.79 Å². The van der Waals surface area contributed by atoms with Crippen LogP contribution in [0.1, 0.15) is 5.56 Å². The fraction of sp³-hybridized carbons (Fsp3) is 0.273. The molecule has 0 spiro atoms. The summed E-state index contributed by atoms with van der Waals surface area (Å²) < 4.78 is 5.16. The molecule has 0 radical (unpaired) electrons. The second-order valence-electron chi connectivity index (χ2n) is 3.71. The van der Waals surface area contributed by atoms with Crippen LogP contribution in [0.5, 0.6) is 5.75 Å². The number of amides is 3. The van der Waals surface area contributed by atoms with Crippen molar-refractivity contribution >= 4 is 17.6 Å². The van der Waals surface area contributed by atoms with Crippen molar-refractivity contribution in [3.05, 3.63) is 23.8 Å². The third-order valence-electron chi connectivity index (χ3n) is 2.57. The molecule has 6 heteroatoms. The number of nitrogens with two attached hydrogens (primary N) is 1. The van der Waals surface area contributed by atoms with Crippen LogP contribution in [0.2, 0.25) is 0 Å². The molecule has 0 unspecified atom stereocenters. The summed E-state index contributed by atoms with van der Waals surface area (Å²) in [5, 5.41) is 2.46. The highest BCUT2D eigenvalue weighted by molar-refractivity contribution is 6.01. The number of rotatable bonds is 3. The topological polar surface area (TPSA) is 84.7 Å². The Kier molecular flexibility index (Phi) is 2.86. The van der Waals surface area contributed by atoms with Gasteiger partial charge in [0.2, 0.25) is 5.91 Å². The number of methoxy groups -OCH3 is 1. The van der Waals surface area contributed by atoms with Gasteiger partial charge in [-0.1, -0.05) is 0 Å². The SMILES string of the molecule is COc1ccc(N)cc1CN1C(=O)CNC1=O. The minimum absolute atomic E-state index is 0.0451. The Morgan fingerprint density at radius 3 is 2.82 bits per heavy atom. The van der Waals surface area contributed by atoms with E-state index in [0.29, 0.717) is 17.0 Å². The number of hydrogen-bond acceptors (Lipinski definition) is 4. The van der Waals surface area contributed by atoms with Crippen LogP contribution in [0.3, 0.4) is 0 Å². The summed E-state index contributed by atoms with van der Waals surface area (Å²) in [4.78, 5) is 24.0. The van der Waals surface area contributed by atoms with E-state index in [9.17, 15) is 9.59 Å². The minimum Gasteiger partial charge on any atom is -0.496 e. The lowest BCUT2D eigenvalue weighted by atomic mass is 10.1. The van der Waals surface area contributed by atoms with Gasteiger partial charge in [-0.2, -0.15) is 0 Å². The Morgan fingerprint density at radius 1 is 1.47 bits per heavy atom. The Bertz CT molecular complexity index is 457. The molecule has 0 atom stereocenters. The Balaban J connectivity index is 2.25. The van der Waals surface area contributed by atoms with Crippen molar-refractivity contribution in [2.75, 3.05) is 19.4 Å². The van der Waals surface area contributed by atoms with Crippen LogP contribution in [0.4, 0.5) is 10.5 Å². The second-order valence-corrected chi connectivity index (χ2v) is 3.71. The number of nitrogen functional groups attached to an aromatic ring is 1. The van der Waals surface area contributed by atoms with Gasteiger partial charge in [-0.05, 0) is 18.2 Å². The molecule has 1 heterocycles. The zero-order valence-electron chi connectivity index (χ0n) is 9.40. The average Bonchev–Trinajstić information content (AvgIpc) is 2.61. The van der Waals surface area contributed by atoms with E-state index in [1.54, 1.807) is 18.2 Å². The predicted molar refractivity (Wildman–Crippen MR) is 61.4 cm³/mol. The van der Waals surface area contributed by atoms with Crippen LogP contribution in [0.15, 0.2) is 18.2 Å². The molecule has 6 nitrogen and oxygen atoms in total. The van der Waals surface area contributed by atoms with E-state index in [4.69, 9.17) is 10.5 Å². The number of nitrogens with zero attached hydrogens (tertiary/aromatic N) is 1. The van der Waals surface area contributed by atoms with E-state index in [-0.39, 0.29) is 25.0 Å². The van der Waals surface area contributed by atoms with Crippen LogP contribution in [0.25, 0.3) is 0 Å². The zero-order valence-corrected chi connectivity index (χ0v) is 9.40. The summed E-state index contributed by atoms with van der Waals surface area (Å²) in [6.07, 6.45) is 0. The molecule has 2 rings (SSSR count). The molecule has 3 N–H and O–H groups in total. The monoisotopic (exact) mass is 235 g/mol. The standard InChI is InChI=1S/C11H13N3O3/c1-17-9-3-2-8(12)4-7(9)6-14-10(15)5-13-11(14)16/h2-4H,5-6,12H2,1H3,(H,13,16). The van der Waals surface area contributed by atoms with E-state index in [0.717, 1.165) is 4.90 Å². The maximum atomic E-state index is 11.4. The Labute approximate surface area is 98.3 Å². The van der Waals surface area contributed by atoms with Crippen molar-refractivity contribution in [3.8, 4) is 5.75 Å². The van der Waals surface area contributed by atoms with E-state index >= 15 is 0 Å². The Morgan fingerprint density at radius 2 is 2.24 bits per heavy atom. The molecule has 1 fully saturated rings. The molecule has 1 aliphatic rings. The van der Waals surface area contributed by atoms with Gasteiger partial charge in [0.15, 0.2) is 0 Å². The molecule has 1 aliphatic heterocycles. The quantitative estimate of drug-likeness (QED) is 0.584. The second kappa shape index (κ2) is 4.32. The molecular formula is C11H13N3O3. The molecule has 17 heavy (non-hydrogen) atoms. The molecule has 1 saturated heterocycles. The van der Waals surface area contributed by atoms with E-state index in [1.165, 1.54) is 7.11 Å². The fourth-order valence-corrected chi connectivity index (χ4v) is 1.71. The van der Waals surface area contributed by atoms with Gasteiger partial charge >= 0.3 is 6.03 Å². The summed E-state index contributed by atoms with van der Waals surface area (Å²) >= 11 is 0. The van der Waals surface area contributed by atoms with E-state index in [2.05, 4.69) is 5.32 Å². The lowest BCUT2D eigenvalue weighted by Crippen LogP contribution is -2.30. The highest BCUT2D eigenvalue weighted by Gasteiger charge is 2.29. The van der Waals surface area contributed by atoms with Crippen molar-refractivity contribution < 1.29 is 14.3 Å². The largest absolute Gasteiger partial charge is 0.496 e. The first-order valence-electron chi connectivity index (χ1n) is 5.12. The van der Waals surface area contributed by atoms with Crippen molar-refractivity contribution in [1.29, 1.82) is 0 Å².